The van der Waals surface area contributed by atoms with Gasteiger partial charge in [-0.15, -0.1) is 0 Å². The number of carbonyl (C=O) groups excluding carboxylic acids is 1. The van der Waals surface area contributed by atoms with E-state index in [-0.39, 0.29) is 45.5 Å². The molecule has 2 N–H and O–H groups in total. The molecule has 0 radical (unpaired) electrons. The molecule has 5 aromatic rings. The van der Waals surface area contributed by atoms with Gasteiger partial charge in [0.25, 0.3) is 11.8 Å². The molecule has 40 heavy (non-hydrogen) atoms. The summed E-state index contributed by atoms with van der Waals surface area (Å²) < 4.78 is 69.8. The Hall–Kier alpha value is -5.14. The van der Waals surface area contributed by atoms with Gasteiger partial charge in [0.05, 0.1) is 23.8 Å². The summed E-state index contributed by atoms with van der Waals surface area (Å²) in [6, 6.07) is 11.7. The minimum Gasteiger partial charge on any atom is -0.487 e. The molecule has 206 valence electrons. The highest BCUT2D eigenvalue weighted by atomic mass is 19.3. The van der Waals surface area contributed by atoms with Crippen molar-refractivity contribution in [2.45, 2.75) is 19.5 Å². The van der Waals surface area contributed by atoms with Gasteiger partial charge in [0.1, 0.15) is 28.6 Å². The number of H-pyrrole nitrogens is 1. The normalized spacial score (nSPS) is 11.6. The number of aromatic nitrogens is 5. The van der Waals surface area contributed by atoms with Crippen molar-refractivity contribution in [3.63, 3.8) is 0 Å². The molecule has 0 saturated heterocycles. The molecule has 0 aliphatic rings. The van der Waals surface area contributed by atoms with E-state index in [0.717, 1.165) is 6.92 Å². The van der Waals surface area contributed by atoms with Crippen LogP contribution < -0.4 is 19.5 Å². The Morgan fingerprint density at radius 1 is 1.10 bits per heavy atom. The Balaban J connectivity index is 1.43. The zero-order chi connectivity index (χ0) is 28.3. The summed E-state index contributed by atoms with van der Waals surface area (Å²) in [5, 5.41) is 13.4. The van der Waals surface area contributed by atoms with Crippen LogP contribution in [0.4, 0.5) is 23.2 Å². The molecule has 1 amide bonds. The van der Waals surface area contributed by atoms with Gasteiger partial charge in [-0.3, -0.25) is 9.89 Å². The van der Waals surface area contributed by atoms with Crippen LogP contribution in [-0.2, 0) is 0 Å². The second-order valence-electron chi connectivity index (χ2n) is 8.53. The fourth-order valence-electron chi connectivity index (χ4n) is 3.70. The molecule has 2 aromatic carbocycles. The number of hydrogen-bond acceptors (Lipinski definition) is 7. The Bertz CT molecular complexity index is 1650. The lowest BCUT2D eigenvalue weighted by Gasteiger charge is -2.15. The number of carbonyl (C=O) groups is 1. The average molecular weight is 556 g/mol. The van der Waals surface area contributed by atoms with E-state index in [1.807, 2.05) is 0 Å². The van der Waals surface area contributed by atoms with Crippen molar-refractivity contribution < 1.29 is 36.6 Å². The minimum absolute atomic E-state index is 0.0987. The van der Waals surface area contributed by atoms with Crippen LogP contribution in [0.3, 0.4) is 0 Å². The maximum absolute atomic E-state index is 13.2. The summed E-state index contributed by atoms with van der Waals surface area (Å²) >= 11 is 0. The molecule has 3 aromatic heterocycles. The van der Waals surface area contributed by atoms with E-state index in [9.17, 15) is 22.4 Å². The Labute approximate surface area is 223 Å². The van der Waals surface area contributed by atoms with Gasteiger partial charge in [-0.2, -0.15) is 19.0 Å². The van der Waals surface area contributed by atoms with Gasteiger partial charge in [-0.05, 0) is 36.4 Å². The number of rotatable bonds is 10. The highest BCUT2D eigenvalue weighted by Gasteiger charge is 2.23. The standard InChI is InChI=1S/C26H20F4N6O4/c1-26(29,30)14-38-15-4-2-5-16(10-15)39-17-6-7-21(40-25(27)28)18(11-17)22-20(13-32-35-22)34-24(37)19-12-33-36-9-3-8-31-23(19)36/h2-13,25H,14H2,1H3,(H,32,35)(H,34,37). The van der Waals surface area contributed by atoms with Gasteiger partial charge in [0.2, 0.25) is 0 Å². The molecule has 10 nitrogen and oxygen atoms in total. The van der Waals surface area contributed by atoms with Crippen LogP contribution >= 0.6 is 0 Å². The number of halogens is 4. The molecule has 0 atom stereocenters. The van der Waals surface area contributed by atoms with Crippen molar-refractivity contribution >= 4 is 17.2 Å². The van der Waals surface area contributed by atoms with E-state index in [0.29, 0.717) is 5.65 Å². The van der Waals surface area contributed by atoms with E-state index in [2.05, 4.69) is 30.3 Å². The third-order valence-corrected chi connectivity index (χ3v) is 5.38. The number of alkyl halides is 4. The summed E-state index contributed by atoms with van der Waals surface area (Å²) in [4.78, 5) is 17.2. The van der Waals surface area contributed by atoms with E-state index < -0.39 is 25.0 Å². The smallest absolute Gasteiger partial charge is 0.387 e. The van der Waals surface area contributed by atoms with Crippen LogP contribution in [0.15, 0.2) is 73.3 Å². The van der Waals surface area contributed by atoms with Gasteiger partial charge in [-0.1, -0.05) is 6.07 Å². The highest BCUT2D eigenvalue weighted by Crippen LogP contribution is 2.38. The van der Waals surface area contributed by atoms with Gasteiger partial charge < -0.3 is 19.5 Å². The molecule has 0 aliphatic carbocycles. The Morgan fingerprint density at radius 3 is 2.70 bits per heavy atom. The first kappa shape index (κ1) is 26.5. The van der Waals surface area contributed by atoms with Gasteiger partial charge in [-0.25, -0.2) is 18.3 Å². The van der Waals surface area contributed by atoms with Crippen LogP contribution in [0, 0.1) is 0 Å². The molecule has 0 bridgehead atoms. The number of fused-ring (bicyclic) bond motifs is 1. The van der Waals surface area contributed by atoms with Crippen molar-refractivity contribution in [3.8, 4) is 34.3 Å². The number of nitrogens with one attached hydrogen (secondary N) is 2. The topological polar surface area (TPSA) is 116 Å². The molecule has 14 heteroatoms. The number of ether oxygens (including phenoxy) is 3. The average Bonchev–Trinajstić information content (AvgIpc) is 3.55. The van der Waals surface area contributed by atoms with E-state index in [1.165, 1.54) is 53.4 Å². The fourth-order valence-corrected chi connectivity index (χ4v) is 3.70. The molecule has 5 rings (SSSR count). The van der Waals surface area contributed by atoms with Crippen LogP contribution in [0.2, 0.25) is 0 Å². The third-order valence-electron chi connectivity index (χ3n) is 5.38. The van der Waals surface area contributed by atoms with Crippen molar-refractivity contribution in [2.75, 3.05) is 11.9 Å². The van der Waals surface area contributed by atoms with E-state index >= 15 is 0 Å². The lowest BCUT2D eigenvalue weighted by atomic mass is 10.1. The zero-order valence-corrected chi connectivity index (χ0v) is 20.6. The van der Waals surface area contributed by atoms with E-state index in [1.54, 1.807) is 24.4 Å². The largest absolute Gasteiger partial charge is 0.487 e. The van der Waals surface area contributed by atoms with Crippen molar-refractivity contribution in [1.82, 2.24) is 24.8 Å². The first-order chi connectivity index (χ1) is 19.2. The zero-order valence-electron chi connectivity index (χ0n) is 20.6. The Kier molecular flexibility index (Phi) is 7.23. The highest BCUT2D eigenvalue weighted by molar-refractivity contribution is 6.09. The predicted octanol–water partition coefficient (Wildman–Crippen LogP) is 5.80. The van der Waals surface area contributed by atoms with Crippen molar-refractivity contribution in [2.24, 2.45) is 0 Å². The number of anilines is 1. The predicted molar refractivity (Wildman–Crippen MR) is 134 cm³/mol. The second kappa shape index (κ2) is 10.9. The minimum atomic E-state index is -3.14. The lowest BCUT2D eigenvalue weighted by Crippen LogP contribution is -2.20. The summed E-state index contributed by atoms with van der Waals surface area (Å²) in [5.74, 6) is -3.22. The first-order valence-electron chi connectivity index (χ1n) is 11.7. The van der Waals surface area contributed by atoms with Gasteiger partial charge in [0.15, 0.2) is 12.3 Å². The third kappa shape index (κ3) is 6.11. The molecular formula is C26H20F4N6O4. The van der Waals surface area contributed by atoms with E-state index in [4.69, 9.17) is 9.47 Å². The SMILES string of the molecule is CC(F)(F)COc1cccc(Oc2ccc(OC(F)F)c(-c3[nH]ncc3NC(=O)c3cnn4cccnc34)c2)c1. The van der Waals surface area contributed by atoms with Crippen molar-refractivity contribution in [3.05, 3.63) is 78.9 Å². The van der Waals surface area contributed by atoms with Crippen molar-refractivity contribution in [1.29, 1.82) is 0 Å². The summed E-state index contributed by atoms with van der Waals surface area (Å²) in [6.45, 7) is -3.22. The number of hydrogen-bond donors (Lipinski definition) is 2. The maximum Gasteiger partial charge on any atom is 0.387 e. The lowest BCUT2D eigenvalue weighted by molar-refractivity contribution is -0.0495. The number of amides is 1. The van der Waals surface area contributed by atoms with Crippen LogP contribution in [0.1, 0.15) is 17.3 Å². The number of nitrogens with zero attached hydrogens (tertiary/aromatic N) is 4. The Morgan fingerprint density at radius 2 is 1.90 bits per heavy atom. The molecule has 0 aliphatic heterocycles. The number of benzene rings is 2. The monoisotopic (exact) mass is 556 g/mol. The second-order valence-corrected chi connectivity index (χ2v) is 8.53. The molecule has 0 fully saturated rings. The van der Waals surface area contributed by atoms with Crippen LogP contribution in [-0.4, -0.2) is 49.8 Å². The molecule has 0 spiro atoms. The number of aromatic amines is 1. The fraction of sp³-hybridized carbons (Fsp3) is 0.154. The van der Waals surface area contributed by atoms with Gasteiger partial charge in [0, 0.05) is 30.9 Å². The molecule has 0 unspecified atom stereocenters. The molecule has 3 heterocycles. The van der Waals surface area contributed by atoms with Crippen LogP contribution in [0.25, 0.3) is 16.9 Å². The summed E-state index contributed by atoms with van der Waals surface area (Å²) in [6.07, 6.45) is 5.78. The van der Waals surface area contributed by atoms with Crippen LogP contribution in [0.5, 0.6) is 23.0 Å². The first-order valence-corrected chi connectivity index (χ1v) is 11.7. The summed E-state index contributed by atoms with van der Waals surface area (Å²) in [5.41, 5.74) is 0.906. The molecule has 0 saturated carbocycles. The quantitative estimate of drug-likeness (QED) is 0.209. The van der Waals surface area contributed by atoms with Gasteiger partial charge >= 0.3 is 6.61 Å². The summed E-state index contributed by atoms with van der Waals surface area (Å²) in [7, 11) is 0. The molecular weight excluding hydrogens is 536 g/mol. The maximum atomic E-state index is 13.2.